The molecule has 0 radical (unpaired) electrons. The molecule has 0 saturated heterocycles. The Bertz CT molecular complexity index is 628. The highest BCUT2D eigenvalue weighted by atomic mass is 16.6. The Balaban J connectivity index is 1.98. The van der Waals surface area contributed by atoms with Gasteiger partial charge >= 0.3 is 5.97 Å². The SMILES string of the molecule is CCC(C)(C)OC12CC3CC(OC(=O)C(C)(C)CC)(C1)CC(OC(C)(C)CC)(C3)C2. The highest BCUT2D eigenvalue weighted by Crippen LogP contribution is 2.64. The van der Waals surface area contributed by atoms with Crippen molar-refractivity contribution in [3.63, 3.8) is 0 Å². The number of hydrogen-bond donors (Lipinski definition) is 0. The molecule has 0 aromatic rings. The second kappa shape index (κ2) is 7.47. The molecule has 0 amide bonds. The predicted molar refractivity (Wildman–Crippen MR) is 120 cm³/mol. The van der Waals surface area contributed by atoms with Crippen molar-refractivity contribution in [3.8, 4) is 0 Å². The molecule has 174 valence electrons. The van der Waals surface area contributed by atoms with E-state index in [0.29, 0.717) is 5.92 Å². The van der Waals surface area contributed by atoms with Gasteiger partial charge in [-0.05, 0) is 86.0 Å². The number of rotatable bonds is 9. The van der Waals surface area contributed by atoms with Crippen LogP contribution in [0.4, 0.5) is 0 Å². The third-order valence-corrected chi connectivity index (χ3v) is 8.35. The molecular formula is C26H46O4. The number of ether oxygens (including phenoxy) is 3. The van der Waals surface area contributed by atoms with Crippen LogP contribution in [-0.4, -0.2) is 34.0 Å². The van der Waals surface area contributed by atoms with Crippen LogP contribution in [0.1, 0.15) is 120 Å². The third kappa shape index (κ3) is 4.60. The van der Waals surface area contributed by atoms with Gasteiger partial charge in [-0.1, -0.05) is 20.8 Å². The van der Waals surface area contributed by atoms with Crippen LogP contribution in [-0.2, 0) is 19.0 Å². The second-order valence-electron chi connectivity index (χ2n) is 12.6. The molecule has 30 heavy (non-hydrogen) atoms. The summed E-state index contributed by atoms with van der Waals surface area (Å²) in [4.78, 5) is 13.2. The number of carbonyl (C=O) groups is 1. The normalized spacial score (nSPS) is 36.2. The lowest BCUT2D eigenvalue weighted by Gasteiger charge is -2.66. The molecule has 4 aliphatic carbocycles. The van der Waals surface area contributed by atoms with Gasteiger partial charge in [0.15, 0.2) is 0 Å². The lowest BCUT2D eigenvalue weighted by atomic mass is 9.50. The topological polar surface area (TPSA) is 44.8 Å². The Morgan fingerprint density at radius 2 is 1.13 bits per heavy atom. The molecule has 0 aliphatic heterocycles. The first-order valence-corrected chi connectivity index (χ1v) is 12.3. The molecular weight excluding hydrogens is 376 g/mol. The van der Waals surface area contributed by atoms with Crippen LogP contribution in [0.5, 0.6) is 0 Å². The van der Waals surface area contributed by atoms with Gasteiger partial charge in [0.1, 0.15) is 5.60 Å². The molecule has 4 saturated carbocycles. The summed E-state index contributed by atoms with van der Waals surface area (Å²) in [5.41, 5.74) is -1.84. The monoisotopic (exact) mass is 422 g/mol. The highest BCUT2D eigenvalue weighted by molar-refractivity contribution is 5.76. The Morgan fingerprint density at radius 3 is 1.53 bits per heavy atom. The molecule has 0 aromatic carbocycles. The minimum atomic E-state index is -0.462. The van der Waals surface area contributed by atoms with Gasteiger partial charge < -0.3 is 14.2 Å². The van der Waals surface area contributed by atoms with Gasteiger partial charge in [-0.2, -0.15) is 0 Å². The summed E-state index contributed by atoms with van der Waals surface area (Å²) in [6.07, 6.45) is 8.31. The van der Waals surface area contributed by atoms with Crippen LogP contribution < -0.4 is 0 Å². The van der Waals surface area contributed by atoms with Crippen LogP contribution in [0.3, 0.4) is 0 Å². The first-order valence-electron chi connectivity index (χ1n) is 12.3. The van der Waals surface area contributed by atoms with E-state index in [1.54, 1.807) is 0 Å². The van der Waals surface area contributed by atoms with E-state index in [9.17, 15) is 4.79 Å². The van der Waals surface area contributed by atoms with Crippen molar-refractivity contribution in [2.24, 2.45) is 11.3 Å². The minimum absolute atomic E-state index is 0.0678. The minimum Gasteiger partial charge on any atom is -0.458 e. The van der Waals surface area contributed by atoms with Crippen molar-refractivity contribution >= 4 is 5.97 Å². The molecule has 0 spiro atoms. The van der Waals surface area contributed by atoms with Gasteiger partial charge in [-0.25, -0.2) is 0 Å². The van der Waals surface area contributed by atoms with Gasteiger partial charge in [0.25, 0.3) is 0 Å². The van der Waals surface area contributed by atoms with E-state index in [1.165, 1.54) is 0 Å². The molecule has 4 fully saturated rings. The first-order chi connectivity index (χ1) is 13.6. The van der Waals surface area contributed by atoms with Gasteiger partial charge in [-0.15, -0.1) is 0 Å². The maximum Gasteiger partial charge on any atom is 0.312 e. The molecule has 0 heterocycles. The molecule has 2 atom stereocenters. The van der Waals surface area contributed by atoms with Gasteiger partial charge in [0.05, 0.1) is 27.8 Å². The molecule has 4 nitrogen and oxygen atoms in total. The number of hydrogen-bond acceptors (Lipinski definition) is 4. The van der Waals surface area contributed by atoms with Crippen LogP contribution in [0.15, 0.2) is 0 Å². The number of esters is 1. The summed E-state index contributed by atoms with van der Waals surface area (Å²) >= 11 is 0. The maximum atomic E-state index is 13.2. The van der Waals surface area contributed by atoms with Crippen LogP contribution in [0.25, 0.3) is 0 Å². The van der Waals surface area contributed by atoms with E-state index in [-0.39, 0.29) is 28.4 Å². The molecule has 4 heteroatoms. The van der Waals surface area contributed by atoms with Gasteiger partial charge in [0, 0.05) is 19.3 Å². The molecule has 4 aliphatic rings. The Labute approximate surface area is 184 Å². The van der Waals surface area contributed by atoms with Crippen molar-refractivity contribution in [2.45, 2.75) is 148 Å². The van der Waals surface area contributed by atoms with Crippen molar-refractivity contribution < 1.29 is 19.0 Å². The fraction of sp³-hybridized carbons (Fsp3) is 0.962. The molecule has 0 aromatic heterocycles. The van der Waals surface area contributed by atoms with Gasteiger partial charge in [0.2, 0.25) is 0 Å². The highest BCUT2D eigenvalue weighted by Gasteiger charge is 2.68. The predicted octanol–water partition coefficient (Wildman–Crippen LogP) is 6.59. The summed E-state index contributed by atoms with van der Waals surface area (Å²) in [6.45, 7) is 19.2. The van der Waals surface area contributed by atoms with Crippen molar-refractivity contribution in [2.75, 3.05) is 0 Å². The molecule has 0 N–H and O–H groups in total. The average Bonchev–Trinajstić information content (AvgIpc) is 2.58. The van der Waals surface area contributed by atoms with Crippen molar-refractivity contribution in [1.82, 2.24) is 0 Å². The Kier molecular flexibility index (Phi) is 5.99. The standard InChI is InChI=1S/C26H46O4/c1-10-21(4,5)20(27)28-24-13-19-14-25(16-24,29-22(6,7)11-2)18-26(15-19,17-24)30-23(8,9)12-3/h19H,10-18H2,1-9H3. The molecule has 4 rings (SSSR count). The zero-order chi connectivity index (χ0) is 22.6. The average molecular weight is 423 g/mol. The second-order valence-corrected chi connectivity index (χ2v) is 12.6. The molecule has 4 bridgehead atoms. The van der Waals surface area contributed by atoms with E-state index >= 15 is 0 Å². The summed E-state index contributed by atoms with van der Waals surface area (Å²) in [7, 11) is 0. The van der Waals surface area contributed by atoms with Crippen LogP contribution in [0.2, 0.25) is 0 Å². The maximum absolute atomic E-state index is 13.2. The Morgan fingerprint density at radius 1 is 0.733 bits per heavy atom. The Hall–Kier alpha value is -0.610. The van der Waals surface area contributed by atoms with E-state index in [2.05, 4.69) is 48.5 Å². The van der Waals surface area contributed by atoms with Crippen LogP contribution in [0, 0.1) is 11.3 Å². The van der Waals surface area contributed by atoms with Crippen LogP contribution >= 0.6 is 0 Å². The zero-order valence-electron chi connectivity index (χ0n) is 21.1. The molecule has 2 unspecified atom stereocenters. The fourth-order valence-corrected chi connectivity index (χ4v) is 6.31. The zero-order valence-corrected chi connectivity index (χ0v) is 21.1. The van der Waals surface area contributed by atoms with E-state index in [1.807, 2.05) is 13.8 Å². The third-order valence-electron chi connectivity index (χ3n) is 8.35. The summed E-state index contributed by atoms with van der Waals surface area (Å²) < 4.78 is 20.3. The fourth-order valence-electron chi connectivity index (χ4n) is 6.31. The van der Waals surface area contributed by atoms with Crippen molar-refractivity contribution in [1.29, 1.82) is 0 Å². The van der Waals surface area contributed by atoms with Crippen molar-refractivity contribution in [3.05, 3.63) is 0 Å². The summed E-state index contributed by atoms with van der Waals surface area (Å²) in [5.74, 6) is 0.417. The summed E-state index contributed by atoms with van der Waals surface area (Å²) in [5, 5.41) is 0. The summed E-state index contributed by atoms with van der Waals surface area (Å²) in [6, 6.07) is 0. The number of carbonyl (C=O) groups excluding carboxylic acids is 1. The lowest BCUT2D eigenvalue weighted by molar-refractivity contribution is -0.319. The first kappa shape index (κ1) is 24.0. The lowest BCUT2D eigenvalue weighted by Crippen LogP contribution is -2.70. The largest absolute Gasteiger partial charge is 0.458 e. The van der Waals surface area contributed by atoms with Gasteiger partial charge in [-0.3, -0.25) is 4.79 Å². The quantitative estimate of drug-likeness (QED) is 0.393. The smallest absolute Gasteiger partial charge is 0.312 e. The van der Waals surface area contributed by atoms with E-state index < -0.39 is 11.0 Å². The van der Waals surface area contributed by atoms with E-state index in [0.717, 1.165) is 57.8 Å². The van der Waals surface area contributed by atoms with E-state index in [4.69, 9.17) is 14.2 Å².